The molecule has 17 heavy (non-hydrogen) atoms. The van der Waals surface area contributed by atoms with Crippen LogP contribution in [0.5, 0.6) is 0 Å². The normalized spacial score (nSPS) is 20.4. The summed E-state index contributed by atoms with van der Waals surface area (Å²) in [4.78, 5) is 16.5. The molecule has 1 N–H and O–H groups in total. The molecule has 0 amide bonds. The molecule has 1 unspecified atom stereocenters. The molecule has 1 aromatic heterocycles. The molecule has 0 radical (unpaired) electrons. The van der Waals surface area contributed by atoms with Gasteiger partial charge in [0, 0.05) is 24.8 Å². The standard InChI is InChI=1S/C11H15N3O3/c1-8-6-12-11(5-10(8)14(16)17)13-4-2-3-9(15)7-13/h5-6,9,15H,2-4,7H2,1H3. The first-order valence-corrected chi connectivity index (χ1v) is 5.62. The minimum absolute atomic E-state index is 0.0788. The summed E-state index contributed by atoms with van der Waals surface area (Å²) in [7, 11) is 0. The molecule has 1 saturated heterocycles. The van der Waals surface area contributed by atoms with Crippen molar-refractivity contribution in [2.75, 3.05) is 18.0 Å². The Labute approximate surface area is 99.0 Å². The van der Waals surface area contributed by atoms with Gasteiger partial charge in [0.1, 0.15) is 5.82 Å². The van der Waals surface area contributed by atoms with Gasteiger partial charge in [-0.1, -0.05) is 0 Å². The van der Waals surface area contributed by atoms with E-state index in [4.69, 9.17) is 0 Å². The zero-order valence-electron chi connectivity index (χ0n) is 9.67. The monoisotopic (exact) mass is 237 g/mol. The highest BCUT2D eigenvalue weighted by Crippen LogP contribution is 2.24. The number of aromatic nitrogens is 1. The number of aliphatic hydroxyl groups is 1. The van der Waals surface area contributed by atoms with Crippen LogP contribution in [0.25, 0.3) is 0 Å². The number of β-amino-alcohol motifs (C(OH)–C–C–N with tert-alkyl or cyclic N) is 1. The van der Waals surface area contributed by atoms with E-state index in [0.717, 1.165) is 19.4 Å². The molecule has 0 bridgehead atoms. The van der Waals surface area contributed by atoms with E-state index in [2.05, 4.69) is 4.98 Å². The van der Waals surface area contributed by atoms with Crippen molar-refractivity contribution in [3.8, 4) is 0 Å². The number of anilines is 1. The highest BCUT2D eigenvalue weighted by Gasteiger charge is 2.21. The fourth-order valence-electron chi connectivity index (χ4n) is 2.03. The second-order valence-electron chi connectivity index (χ2n) is 4.33. The van der Waals surface area contributed by atoms with Crippen molar-refractivity contribution in [2.24, 2.45) is 0 Å². The Morgan fingerprint density at radius 2 is 2.41 bits per heavy atom. The SMILES string of the molecule is Cc1cnc(N2CCCC(O)C2)cc1[N+](=O)[O-]. The Hall–Kier alpha value is -1.69. The maximum Gasteiger partial charge on any atom is 0.277 e. The maximum atomic E-state index is 10.8. The molecular formula is C11H15N3O3. The van der Waals surface area contributed by atoms with Crippen molar-refractivity contribution < 1.29 is 10.0 Å². The van der Waals surface area contributed by atoms with Crippen LogP contribution < -0.4 is 4.90 Å². The third-order valence-electron chi connectivity index (χ3n) is 2.98. The van der Waals surface area contributed by atoms with Crippen molar-refractivity contribution in [1.29, 1.82) is 0 Å². The van der Waals surface area contributed by atoms with E-state index < -0.39 is 4.92 Å². The molecule has 2 rings (SSSR count). The first-order chi connectivity index (χ1) is 8.08. The van der Waals surface area contributed by atoms with Crippen molar-refractivity contribution in [3.63, 3.8) is 0 Å². The summed E-state index contributed by atoms with van der Waals surface area (Å²) >= 11 is 0. The minimum Gasteiger partial charge on any atom is -0.391 e. The smallest absolute Gasteiger partial charge is 0.277 e. The Bertz CT molecular complexity index is 436. The quantitative estimate of drug-likeness (QED) is 0.618. The van der Waals surface area contributed by atoms with E-state index in [9.17, 15) is 15.2 Å². The van der Waals surface area contributed by atoms with E-state index in [-0.39, 0.29) is 11.8 Å². The topological polar surface area (TPSA) is 79.5 Å². The molecule has 1 fully saturated rings. The number of aliphatic hydroxyl groups excluding tert-OH is 1. The fraction of sp³-hybridized carbons (Fsp3) is 0.545. The van der Waals surface area contributed by atoms with Gasteiger partial charge in [-0.3, -0.25) is 10.1 Å². The predicted molar refractivity (Wildman–Crippen MR) is 63.1 cm³/mol. The molecule has 92 valence electrons. The third-order valence-corrected chi connectivity index (χ3v) is 2.98. The Morgan fingerprint density at radius 1 is 1.65 bits per heavy atom. The Morgan fingerprint density at radius 3 is 3.06 bits per heavy atom. The summed E-state index contributed by atoms with van der Waals surface area (Å²) < 4.78 is 0. The van der Waals surface area contributed by atoms with E-state index in [1.807, 2.05) is 4.90 Å². The van der Waals surface area contributed by atoms with Gasteiger partial charge in [-0.15, -0.1) is 0 Å². The molecule has 6 nitrogen and oxygen atoms in total. The van der Waals surface area contributed by atoms with Crippen molar-refractivity contribution in [1.82, 2.24) is 4.98 Å². The van der Waals surface area contributed by atoms with Crippen LogP contribution in [0.15, 0.2) is 12.3 Å². The second-order valence-corrected chi connectivity index (χ2v) is 4.33. The average molecular weight is 237 g/mol. The molecule has 1 aliphatic rings. The first-order valence-electron chi connectivity index (χ1n) is 5.62. The lowest BCUT2D eigenvalue weighted by molar-refractivity contribution is -0.385. The van der Waals surface area contributed by atoms with Crippen LogP contribution >= 0.6 is 0 Å². The van der Waals surface area contributed by atoms with Crippen LogP contribution in [0.1, 0.15) is 18.4 Å². The summed E-state index contributed by atoms with van der Waals surface area (Å²) in [6.07, 6.45) is 2.80. The van der Waals surface area contributed by atoms with Crippen LogP contribution in [0, 0.1) is 17.0 Å². The van der Waals surface area contributed by atoms with Gasteiger partial charge in [-0.25, -0.2) is 4.98 Å². The van der Waals surface area contributed by atoms with Gasteiger partial charge in [0.25, 0.3) is 5.69 Å². The number of piperidine rings is 1. The zero-order valence-corrected chi connectivity index (χ0v) is 9.67. The first kappa shape index (κ1) is 11.8. The van der Waals surface area contributed by atoms with Crippen molar-refractivity contribution in [3.05, 3.63) is 27.9 Å². The molecule has 1 aromatic rings. The van der Waals surface area contributed by atoms with Gasteiger partial charge in [-0.2, -0.15) is 0 Å². The summed E-state index contributed by atoms with van der Waals surface area (Å²) in [6, 6.07) is 1.48. The Kier molecular flexibility index (Phi) is 3.23. The predicted octanol–water partition coefficient (Wildman–Crippen LogP) is 1.26. The highest BCUT2D eigenvalue weighted by molar-refractivity contribution is 5.50. The highest BCUT2D eigenvalue weighted by atomic mass is 16.6. The second kappa shape index (κ2) is 4.67. The van der Waals surface area contributed by atoms with E-state index in [0.29, 0.717) is 17.9 Å². The third kappa shape index (κ3) is 2.52. The molecule has 1 aliphatic heterocycles. The van der Waals surface area contributed by atoms with Gasteiger partial charge in [0.2, 0.25) is 0 Å². The molecule has 1 atom stereocenters. The summed E-state index contributed by atoms with van der Waals surface area (Å²) in [5.74, 6) is 0.570. The number of hydrogen-bond acceptors (Lipinski definition) is 5. The van der Waals surface area contributed by atoms with Gasteiger partial charge in [-0.05, 0) is 19.8 Å². The van der Waals surface area contributed by atoms with Crippen LogP contribution in [0.2, 0.25) is 0 Å². The van der Waals surface area contributed by atoms with Gasteiger partial charge in [0.05, 0.1) is 17.1 Å². The molecular weight excluding hydrogens is 222 g/mol. The largest absolute Gasteiger partial charge is 0.391 e. The lowest BCUT2D eigenvalue weighted by Gasteiger charge is -2.30. The molecule has 0 spiro atoms. The van der Waals surface area contributed by atoms with Gasteiger partial charge >= 0.3 is 0 Å². The van der Waals surface area contributed by atoms with Crippen LogP contribution in [-0.4, -0.2) is 34.2 Å². The molecule has 0 aliphatic carbocycles. The van der Waals surface area contributed by atoms with Crippen LogP contribution in [0.3, 0.4) is 0 Å². The summed E-state index contributed by atoms with van der Waals surface area (Å²) in [6.45, 7) is 2.94. The van der Waals surface area contributed by atoms with Gasteiger partial charge in [0.15, 0.2) is 0 Å². The average Bonchev–Trinajstić information content (AvgIpc) is 2.29. The van der Waals surface area contributed by atoms with E-state index in [1.54, 1.807) is 6.92 Å². The number of nitrogens with zero attached hydrogens (tertiary/aromatic N) is 3. The minimum atomic E-state index is -0.402. The van der Waals surface area contributed by atoms with Crippen molar-refractivity contribution >= 4 is 11.5 Å². The van der Waals surface area contributed by atoms with Crippen LogP contribution in [-0.2, 0) is 0 Å². The lowest BCUT2D eigenvalue weighted by Crippen LogP contribution is -2.38. The fourth-order valence-corrected chi connectivity index (χ4v) is 2.03. The molecule has 2 heterocycles. The number of aryl methyl sites for hydroxylation is 1. The van der Waals surface area contributed by atoms with Crippen molar-refractivity contribution in [2.45, 2.75) is 25.9 Å². The summed E-state index contributed by atoms with van der Waals surface area (Å²) in [5.41, 5.74) is 0.631. The molecule has 0 aromatic carbocycles. The Balaban J connectivity index is 2.26. The summed E-state index contributed by atoms with van der Waals surface area (Å²) in [5, 5.41) is 20.4. The molecule has 6 heteroatoms. The zero-order chi connectivity index (χ0) is 12.4. The number of pyridine rings is 1. The van der Waals surface area contributed by atoms with E-state index in [1.165, 1.54) is 12.3 Å². The maximum absolute atomic E-state index is 10.8. The molecule has 0 saturated carbocycles. The van der Waals surface area contributed by atoms with Gasteiger partial charge < -0.3 is 10.0 Å². The van der Waals surface area contributed by atoms with E-state index >= 15 is 0 Å². The number of hydrogen-bond donors (Lipinski definition) is 1. The lowest BCUT2D eigenvalue weighted by atomic mass is 10.1. The van der Waals surface area contributed by atoms with Crippen LogP contribution in [0.4, 0.5) is 11.5 Å². The number of nitro groups is 1. The number of rotatable bonds is 2.